The molecule has 6 heteroatoms. The number of anilines is 1. The molecule has 3 heterocycles. The molecular formula is C28H23BrN2O3. The third kappa shape index (κ3) is 2.88. The summed E-state index contributed by atoms with van der Waals surface area (Å²) < 4.78 is 6.48. The minimum Gasteiger partial charge on any atom is -0.463 e. The van der Waals surface area contributed by atoms with E-state index < -0.39 is 5.54 Å². The number of esters is 1. The fraction of sp³-hybridized carbons (Fsp3) is 0.214. The first-order valence-electron chi connectivity index (χ1n) is 11.5. The van der Waals surface area contributed by atoms with Gasteiger partial charge in [0.05, 0.1) is 12.2 Å². The Morgan fingerprint density at radius 1 is 1.09 bits per heavy atom. The van der Waals surface area contributed by atoms with Gasteiger partial charge in [0.15, 0.2) is 5.54 Å². The summed E-state index contributed by atoms with van der Waals surface area (Å²) in [6.07, 6.45) is 0.638. The van der Waals surface area contributed by atoms with E-state index in [1.54, 1.807) is 0 Å². The quantitative estimate of drug-likeness (QED) is 0.496. The number of fused-ring (bicyclic) bond motifs is 5. The van der Waals surface area contributed by atoms with E-state index in [0.29, 0.717) is 18.5 Å². The lowest BCUT2D eigenvalue weighted by atomic mass is 9.79. The highest BCUT2D eigenvalue weighted by atomic mass is 79.9. The second-order valence-corrected chi connectivity index (χ2v) is 9.76. The lowest BCUT2D eigenvalue weighted by molar-refractivity contribution is -0.139. The molecule has 1 amide bonds. The van der Waals surface area contributed by atoms with Gasteiger partial charge >= 0.3 is 5.97 Å². The van der Waals surface area contributed by atoms with Crippen LogP contribution in [0.1, 0.15) is 29.2 Å². The molecule has 3 aliphatic rings. The number of nitrogens with one attached hydrogen (secondary N) is 1. The molecule has 0 unspecified atom stereocenters. The number of hydrogen-bond acceptors (Lipinski definition) is 4. The maximum atomic E-state index is 14.1. The van der Waals surface area contributed by atoms with E-state index in [1.165, 1.54) is 11.1 Å². The van der Waals surface area contributed by atoms with E-state index in [0.717, 1.165) is 26.9 Å². The summed E-state index contributed by atoms with van der Waals surface area (Å²) >= 11 is 3.61. The number of rotatable bonds is 3. The SMILES string of the molecule is CCOC(=O)C1=C(c2ccccc2)[C@@]2(C(=O)Nc3ccc(Br)cc32)N2Cc3ccccc3C[C@@H]12. The molecule has 170 valence electrons. The van der Waals surface area contributed by atoms with E-state index in [4.69, 9.17) is 4.74 Å². The van der Waals surface area contributed by atoms with Crippen LogP contribution >= 0.6 is 15.9 Å². The summed E-state index contributed by atoms with van der Waals surface area (Å²) in [5.41, 5.74) is 5.01. The van der Waals surface area contributed by atoms with Gasteiger partial charge in [0.1, 0.15) is 0 Å². The van der Waals surface area contributed by atoms with E-state index in [1.807, 2.05) is 67.6 Å². The number of amides is 1. The maximum Gasteiger partial charge on any atom is 0.336 e. The molecule has 0 radical (unpaired) electrons. The molecule has 34 heavy (non-hydrogen) atoms. The van der Waals surface area contributed by atoms with Gasteiger partial charge in [-0.25, -0.2) is 4.79 Å². The molecule has 0 aliphatic carbocycles. The highest BCUT2D eigenvalue weighted by molar-refractivity contribution is 9.10. The van der Waals surface area contributed by atoms with Crippen molar-refractivity contribution in [1.29, 1.82) is 0 Å². The summed E-state index contributed by atoms with van der Waals surface area (Å²) in [6.45, 7) is 2.64. The van der Waals surface area contributed by atoms with Crippen LogP contribution in [-0.4, -0.2) is 29.4 Å². The van der Waals surface area contributed by atoms with E-state index in [2.05, 4.69) is 38.3 Å². The van der Waals surface area contributed by atoms with Crippen molar-refractivity contribution in [3.8, 4) is 0 Å². The molecule has 1 spiro atoms. The minimum absolute atomic E-state index is 0.136. The van der Waals surface area contributed by atoms with Crippen molar-refractivity contribution < 1.29 is 14.3 Å². The second-order valence-electron chi connectivity index (χ2n) is 8.85. The highest BCUT2D eigenvalue weighted by Crippen LogP contribution is 2.58. The summed E-state index contributed by atoms with van der Waals surface area (Å²) in [5.74, 6) is -0.494. The van der Waals surface area contributed by atoms with Crippen LogP contribution in [0.3, 0.4) is 0 Å². The fourth-order valence-electron chi connectivity index (χ4n) is 5.85. The van der Waals surface area contributed by atoms with Crippen LogP contribution in [0.25, 0.3) is 5.57 Å². The highest BCUT2D eigenvalue weighted by Gasteiger charge is 2.63. The minimum atomic E-state index is -1.14. The predicted molar refractivity (Wildman–Crippen MR) is 134 cm³/mol. The van der Waals surface area contributed by atoms with Crippen molar-refractivity contribution in [2.75, 3.05) is 11.9 Å². The van der Waals surface area contributed by atoms with Gasteiger partial charge in [0.2, 0.25) is 0 Å². The third-order valence-electron chi connectivity index (χ3n) is 7.15. The standard InChI is InChI=1S/C28H23BrN2O3/c1-2-34-26(32)24-23-14-18-10-6-7-11-19(18)16-31(23)28(25(24)17-8-4-3-5-9-17)21-15-20(29)12-13-22(21)30-27(28)33/h3-13,15,23H,2,14,16H2,1H3,(H,30,33)/t23-,28-/m0/s1. The molecule has 0 bridgehead atoms. The van der Waals surface area contributed by atoms with E-state index in [-0.39, 0.29) is 24.5 Å². The van der Waals surface area contributed by atoms with Gasteiger partial charge in [-0.3, -0.25) is 9.69 Å². The Morgan fingerprint density at radius 2 is 1.82 bits per heavy atom. The molecule has 5 nitrogen and oxygen atoms in total. The first kappa shape index (κ1) is 21.3. The molecule has 3 aromatic rings. The Hall–Kier alpha value is -3.22. The maximum absolute atomic E-state index is 14.1. The fourth-order valence-corrected chi connectivity index (χ4v) is 6.21. The zero-order valence-electron chi connectivity index (χ0n) is 18.7. The van der Waals surface area contributed by atoms with Crippen LogP contribution in [0.4, 0.5) is 5.69 Å². The van der Waals surface area contributed by atoms with E-state index >= 15 is 0 Å². The largest absolute Gasteiger partial charge is 0.463 e. The van der Waals surface area contributed by atoms with Gasteiger partial charge in [-0.15, -0.1) is 0 Å². The number of halogens is 1. The molecule has 1 N–H and O–H groups in total. The van der Waals surface area contributed by atoms with E-state index in [9.17, 15) is 9.59 Å². The number of carbonyl (C=O) groups is 2. The smallest absolute Gasteiger partial charge is 0.336 e. The molecule has 3 aliphatic heterocycles. The monoisotopic (exact) mass is 514 g/mol. The first-order valence-corrected chi connectivity index (χ1v) is 12.3. The topological polar surface area (TPSA) is 58.6 Å². The molecule has 2 atom stereocenters. The van der Waals surface area contributed by atoms with Crippen molar-refractivity contribution in [3.05, 3.63) is 105 Å². The van der Waals surface area contributed by atoms with Gasteiger partial charge in [-0.1, -0.05) is 70.5 Å². The Bertz CT molecular complexity index is 1370. The summed E-state index contributed by atoms with van der Waals surface area (Å²) in [6, 6.07) is 23.6. The van der Waals surface area contributed by atoms with Crippen LogP contribution in [0, 0.1) is 0 Å². The van der Waals surface area contributed by atoms with Crippen molar-refractivity contribution in [1.82, 2.24) is 4.90 Å². The summed E-state index contributed by atoms with van der Waals surface area (Å²) in [4.78, 5) is 29.9. The molecule has 0 fully saturated rings. The third-order valence-corrected chi connectivity index (χ3v) is 7.64. The van der Waals surface area contributed by atoms with Gasteiger partial charge in [-0.05, 0) is 48.2 Å². The van der Waals surface area contributed by atoms with Crippen molar-refractivity contribution in [2.45, 2.75) is 31.5 Å². The summed E-state index contributed by atoms with van der Waals surface area (Å²) in [7, 11) is 0. The first-order chi connectivity index (χ1) is 16.6. The Labute approximate surface area is 206 Å². The van der Waals surface area contributed by atoms with Crippen LogP contribution in [0.2, 0.25) is 0 Å². The van der Waals surface area contributed by atoms with Crippen molar-refractivity contribution in [3.63, 3.8) is 0 Å². The molecule has 6 rings (SSSR count). The lowest BCUT2D eigenvalue weighted by Crippen LogP contribution is -2.53. The average molecular weight is 515 g/mol. The van der Waals surface area contributed by atoms with Gasteiger partial charge < -0.3 is 10.1 Å². The predicted octanol–water partition coefficient (Wildman–Crippen LogP) is 5.05. The number of hydrogen-bond donors (Lipinski definition) is 1. The number of carbonyl (C=O) groups excluding carboxylic acids is 2. The zero-order chi connectivity index (χ0) is 23.4. The average Bonchev–Trinajstić information content (AvgIpc) is 3.30. The molecule has 0 saturated carbocycles. The van der Waals surface area contributed by atoms with Gasteiger partial charge in [0, 0.05) is 33.9 Å². The number of benzene rings is 3. The Kier molecular flexibility index (Phi) is 4.97. The van der Waals surface area contributed by atoms with Crippen molar-refractivity contribution in [2.24, 2.45) is 0 Å². The van der Waals surface area contributed by atoms with Crippen LogP contribution in [-0.2, 0) is 32.8 Å². The van der Waals surface area contributed by atoms with Gasteiger partial charge in [-0.2, -0.15) is 0 Å². The zero-order valence-corrected chi connectivity index (χ0v) is 20.3. The molecule has 3 aromatic carbocycles. The lowest BCUT2D eigenvalue weighted by Gasteiger charge is -2.42. The van der Waals surface area contributed by atoms with Crippen LogP contribution in [0.5, 0.6) is 0 Å². The van der Waals surface area contributed by atoms with Gasteiger partial charge in [0.25, 0.3) is 5.91 Å². The van der Waals surface area contributed by atoms with Crippen molar-refractivity contribution >= 4 is 39.1 Å². The number of ether oxygens (including phenoxy) is 1. The summed E-state index contributed by atoms with van der Waals surface area (Å²) in [5, 5.41) is 3.12. The number of nitrogens with zero attached hydrogens (tertiary/aromatic N) is 1. The van der Waals surface area contributed by atoms with Crippen LogP contribution in [0.15, 0.2) is 82.8 Å². The Morgan fingerprint density at radius 3 is 2.59 bits per heavy atom. The molecule has 0 saturated heterocycles. The molecular weight excluding hydrogens is 492 g/mol. The molecule has 0 aromatic heterocycles. The normalized spacial score (nSPS) is 22.9. The Balaban J connectivity index is 1.70. The van der Waals surface area contributed by atoms with Crippen LogP contribution < -0.4 is 5.32 Å². The second kappa shape index (κ2) is 7.93.